The molecule has 1 saturated heterocycles. The van der Waals surface area contributed by atoms with Crippen molar-refractivity contribution >= 4 is 0 Å². The minimum Gasteiger partial charge on any atom is -0.314 e. The molecule has 1 N–H and O–H groups in total. The largest absolute Gasteiger partial charge is 0.314 e. The predicted molar refractivity (Wildman–Crippen MR) is 69.6 cm³/mol. The first-order valence-corrected chi connectivity index (χ1v) is 7.07. The molecule has 0 aromatic rings. The summed E-state index contributed by atoms with van der Waals surface area (Å²) >= 11 is 0. The maximum Gasteiger partial charge on any atom is 0.00798 e. The lowest BCUT2D eigenvalue weighted by Crippen LogP contribution is -2.32. The third-order valence-electron chi connectivity index (χ3n) is 4.64. The van der Waals surface area contributed by atoms with Crippen LogP contribution in [0.3, 0.4) is 0 Å². The van der Waals surface area contributed by atoms with Crippen molar-refractivity contribution in [2.45, 2.75) is 52.5 Å². The maximum atomic E-state index is 3.80. The summed E-state index contributed by atoms with van der Waals surface area (Å²) in [6, 6.07) is 0.785. The fraction of sp³-hybridized carbons (Fsp3) is 1.00. The smallest absolute Gasteiger partial charge is 0.00798 e. The first-order chi connectivity index (χ1) is 7.62. The molecule has 2 heteroatoms. The van der Waals surface area contributed by atoms with Gasteiger partial charge in [-0.05, 0) is 63.2 Å². The Morgan fingerprint density at radius 3 is 2.62 bits per heavy atom. The number of rotatable bonds is 4. The molecule has 2 fully saturated rings. The molecule has 1 aliphatic carbocycles. The number of likely N-dealkylation sites (tertiary alicyclic amines) is 1. The van der Waals surface area contributed by atoms with E-state index in [0.29, 0.717) is 5.41 Å². The van der Waals surface area contributed by atoms with Gasteiger partial charge in [0.15, 0.2) is 0 Å². The van der Waals surface area contributed by atoms with Crippen molar-refractivity contribution < 1.29 is 0 Å². The molecule has 0 amide bonds. The van der Waals surface area contributed by atoms with E-state index in [4.69, 9.17) is 0 Å². The van der Waals surface area contributed by atoms with E-state index < -0.39 is 0 Å². The van der Waals surface area contributed by atoms with Crippen LogP contribution in [0.2, 0.25) is 0 Å². The summed E-state index contributed by atoms with van der Waals surface area (Å²) in [6.07, 6.45) is 5.53. The van der Waals surface area contributed by atoms with E-state index in [1.165, 1.54) is 51.9 Å². The topological polar surface area (TPSA) is 15.3 Å². The Hall–Kier alpha value is -0.0800. The molecular formula is C14H28N2. The molecule has 2 nitrogen and oxygen atoms in total. The van der Waals surface area contributed by atoms with Gasteiger partial charge in [0.2, 0.25) is 0 Å². The van der Waals surface area contributed by atoms with Gasteiger partial charge in [0.25, 0.3) is 0 Å². The quantitative estimate of drug-likeness (QED) is 0.789. The summed E-state index contributed by atoms with van der Waals surface area (Å²) < 4.78 is 0. The van der Waals surface area contributed by atoms with Crippen molar-refractivity contribution in [3.8, 4) is 0 Å². The zero-order valence-electron chi connectivity index (χ0n) is 11.3. The highest BCUT2D eigenvalue weighted by atomic mass is 15.1. The molecule has 0 bridgehead atoms. The van der Waals surface area contributed by atoms with Crippen molar-refractivity contribution in [2.75, 3.05) is 26.2 Å². The van der Waals surface area contributed by atoms with Crippen LogP contribution in [-0.4, -0.2) is 37.1 Å². The molecule has 2 aliphatic rings. The summed E-state index contributed by atoms with van der Waals surface area (Å²) in [5.41, 5.74) is 0.632. The van der Waals surface area contributed by atoms with E-state index in [2.05, 4.69) is 31.0 Å². The summed E-state index contributed by atoms with van der Waals surface area (Å²) in [6.45, 7) is 12.1. The second kappa shape index (κ2) is 5.05. The fourth-order valence-electron chi connectivity index (χ4n) is 2.91. The van der Waals surface area contributed by atoms with Gasteiger partial charge in [-0.3, -0.25) is 0 Å². The van der Waals surface area contributed by atoms with Gasteiger partial charge in [-0.1, -0.05) is 20.8 Å². The number of hydrogen-bond donors (Lipinski definition) is 1. The van der Waals surface area contributed by atoms with Crippen molar-refractivity contribution in [3.63, 3.8) is 0 Å². The number of nitrogens with zero attached hydrogens (tertiary/aromatic N) is 1. The Bertz CT molecular complexity index is 225. The van der Waals surface area contributed by atoms with Crippen molar-refractivity contribution in [1.29, 1.82) is 0 Å². The molecular weight excluding hydrogens is 196 g/mol. The van der Waals surface area contributed by atoms with Gasteiger partial charge < -0.3 is 10.2 Å². The van der Waals surface area contributed by atoms with Crippen molar-refractivity contribution in [2.24, 2.45) is 11.3 Å². The fourth-order valence-corrected chi connectivity index (χ4v) is 2.91. The highest BCUT2D eigenvalue weighted by Crippen LogP contribution is 2.51. The Kier molecular flexibility index (Phi) is 3.91. The highest BCUT2D eigenvalue weighted by Gasteiger charge is 2.45. The second-order valence-electron chi connectivity index (χ2n) is 6.36. The van der Waals surface area contributed by atoms with Crippen molar-refractivity contribution in [1.82, 2.24) is 10.2 Å². The molecule has 0 aromatic carbocycles. The van der Waals surface area contributed by atoms with Gasteiger partial charge in [-0.15, -0.1) is 0 Å². The lowest BCUT2D eigenvalue weighted by atomic mass is 10.1. The Morgan fingerprint density at radius 1 is 1.25 bits per heavy atom. The molecule has 0 aromatic heterocycles. The molecule has 94 valence electrons. The third-order valence-corrected chi connectivity index (χ3v) is 4.64. The van der Waals surface area contributed by atoms with Crippen LogP contribution in [0.25, 0.3) is 0 Å². The molecule has 1 saturated carbocycles. The van der Waals surface area contributed by atoms with Gasteiger partial charge in [-0.25, -0.2) is 0 Å². The van der Waals surface area contributed by atoms with Crippen LogP contribution in [0, 0.1) is 11.3 Å². The molecule has 1 heterocycles. The molecule has 2 rings (SSSR count). The first-order valence-electron chi connectivity index (χ1n) is 7.07. The zero-order chi connectivity index (χ0) is 11.6. The number of nitrogens with one attached hydrogen (secondary N) is 1. The van der Waals surface area contributed by atoms with E-state index in [1.54, 1.807) is 0 Å². The van der Waals surface area contributed by atoms with Gasteiger partial charge in [0.05, 0.1) is 0 Å². The van der Waals surface area contributed by atoms with Gasteiger partial charge in [0, 0.05) is 6.04 Å². The van der Waals surface area contributed by atoms with Crippen LogP contribution >= 0.6 is 0 Å². The Morgan fingerprint density at radius 2 is 2.00 bits per heavy atom. The normalized spacial score (nSPS) is 34.7. The van der Waals surface area contributed by atoms with E-state index >= 15 is 0 Å². The lowest BCUT2D eigenvalue weighted by Gasteiger charge is -2.18. The second-order valence-corrected chi connectivity index (χ2v) is 6.36. The van der Waals surface area contributed by atoms with Crippen LogP contribution in [0.5, 0.6) is 0 Å². The monoisotopic (exact) mass is 224 g/mol. The average Bonchev–Trinajstić information content (AvgIpc) is 2.92. The summed E-state index contributed by atoms with van der Waals surface area (Å²) in [7, 11) is 0. The summed E-state index contributed by atoms with van der Waals surface area (Å²) in [4.78, 5) is 2.59. The molecule has 2 unspecified atom stereocenters. The van der Waals surface area contributed by atoms with Crippen LogP contribution in [0.15, 0.2) is 0 Å². The molecule has 2 atom stereocenters. The van der Waals surface area contributed by atoms with Crippen LogP contribution < -0.4 is 5.32 Å². The Balaban J connectivity index is 1.66. The van der Waals surface area contributed by atoms with Gasteiger partial charge in [-0.2, -0.15) is 0 Å². The van der Waals surface area contributed by atoms with Crippen molar-refractivity contribution in [3.05, 3.63) is 0 Å². The third kappa shape index (κ3) is 3.21. The minimum absolute atomic E-state index is 0.632. The molecule has 1 aliphatic heterocycles. The van der Waals surface area contributed by atoms with Crippen LogP contribution in [-0.2, 0) is 0 Å². The standard InChI is InChI=1S/C14H28N2/c1-4-16-8-5-6-13(7-9-16)15-11-12-10-14(12,2)3/h12-13,15H,4-11H2,1-3H3. The zero-order valence-corrected chi connectivity index (χ0v) is 11.3. The molecule has 0 spiro atoms. The highest BCUT2D eigenvalue weighted by molar-refractivity contribution is 4.96. The lowest BCUT2D eigenvalue weighted by molar-refractivity contribution is 0.296. The van der Waals surface area contributed by atoms with Gasteiger partial charge in [0.1, 0.15) is 0 Å². The minimum atomic E-state index is 0.632. The predicted octanol–water partition coefficient (Wildman–Crippen LogP) is 2.50. The van der Waals surface area contributed by atoms with E-state index in [-0.39, 0.29) is 0 Å². The first kappa shape index (κ1) is 12.4. The average molecular weight is 224 g/mol. The van der Waals surface area contributed by atoms with Gasteiger partial charge >= 0.3 is 0 Å². The van der Waals surface area contributed by atoms with E-state index in [1.807, 2.05) is 0 Å². The number of hydrogen-bond acceptors (Lipinski definition) is 2. The maximum absolute atomic E-state index is 3.80. The van der Waals surface area contributed by atoms with E-state index in [9.17, 15) is 0 Å². The molecule has 0 radical (unpaired) electrons. The summed E-state index contributed by atoms with van der Waals surface area (Å²) in [5.74, 6) is 0.943. The Labute approximate surface area is 101 Å². The van der Waals surface area contributed by atoms with Crippen LogP contribution in [0.4, 0.5) is 0 Å². The summed E-state index contributed by atoms with van der Waals surface area (Å²) in [5, 5.41) is 3.80. The molecule has 16 heavy (non-hydrogen) atoms. The van der Waals surface area contributed by atoms with Crippen LogP contribution in [0.1, 0.15) is 46.5 Å². The van der Waals surface area contributed by atoms with E-state index in [0.717, 1.165) is 12.0 Å². The SMILES string of the molecule is CCN1CCCC(NCC2CC2(C)C)CC1.